The lowest BCUT2D eigenvalue weighted by Crippen LogP contribution is -2.30. The van der Waals surface area contributed by atoms with Crippen LogP contribution >= 0.6 is 12.2 Å². The predicted octanol–water partition coefficient (Wildman–Crippen LogP) is 4.59. The molecule has 1 aliphatic heterocycles. The predicted molar refractivity (Wildman–Crippen MR) is 135 cm³/mol. The van der Waals surface area contributed by atoms with E-state index in [-0.39, 0.29) is 34.8 Å². The summed E-state index contributed by atoms with van der Waals surface area (Å²) in [6.07, 6.45) is 1.61. The van der Waals surface area contributed by atoms with Gasteiger partial charge in [0.15, 0.2) is 10.9 Å². The SMILES string of the molecule is COc1ccc(/C=C2/NC(=S)N(c3ccccc3OC)C2=O)cc1COc1cc(F)ccc1[N+](=O)[O-]. The van der Waals surface area contributed by atoms with Gasteiger partial charge in [-0.3, -0.25) is 14.9 Å². The van der Waals surface area contributed by atoms with E-state index >= 15 is 0 Å². The average molecular weight is 510 g/mol. The van der Waals surface area contributed by atoms with Gasteiger partial charge in [-0.05, 0) is 54.2 Å². The summed E-state index contributed by atoms with van der Waals surface area (Å²) in [6.45, 7) is -0.141. The van der Waals surface area contributed by atoms with Gasteiger partial charge in [0.05, 0.1) is 24.8 Å². The minimum Gasteiger partial charge on any atom is -0.496 e. The van der Waals surface area contributed by atoms with Gasteiger partial charge in [0.25, 0.3) is 5.91 Å². The summed E-state index contributed by atoms with van der Waals surface area (Å²) in [5.74, 6) is -0.299. The summed E-state index contributed by atoms with van der Waals surface area (Å²) in [7, 11) is 2.97. The molecule has 0 aromatic heterocycles. The van der Waals surface area contributed by atoms with E-state index in [4.69, 9.17) is 26.4 Å². The van der Waals surface area contributed by atoms with Gasteiger partial charge in [-0.1, -0.05) is 18.2 Å². The second-order valence-electron chi connectivity index (χ2n) is 7.53. The van der Waals surface area contributed by atoms with Crippen molar-refractivity contribution in [2.24, 2.45) is 0 Å². The summed E-state index contributed by atoms with van der Waals surface area (Å²) in [5.41, 5.74) is 1.53. The summed E-state index contributed by atoms with van der Waals surface area (Å²) >= 11 is 5.38. The molecule has 9 nitrogen and oxygen atoms in total. The normalized spacial score (nSPS) is 14.1. The molecule has 0 aliphatic carbocycles. The van der Waals surface area contributed by atoms with E-state index < -0.39 is 10.7 Å². The van der Waals surface area contributed by atoms with E-state index in [1.807, 2.05) is 0 Å². The Morgan fingerprint density at radius 2 is 1.81 bits per heavy atom. The Morgan fingerprint density at radius 1 is 1.06 bits per heavy atom. The van der Waals surface area contributed by atoms with Crippen LogP contribution in [0.4, 0.5) is 15.8 Å². The maximum atomic E-state index is 13.6. The Bertz CT molecular complexity index is 1390. The fourth-order valence-corrected chi connectivity index (χ4v) is 3.94. The molecule has 1 amide bonds. The summed E-state index contributed by atoms with van der Waals surface area (Å²) in [4.78, 5) is 25.1. The number of benzene rings is 3. The number of amides is 1. The Kier molecular flexibility index (Phi) is 7.11. The van der Waals surface area contributed by atoms with E-state index in [1.165, 1.54) is 19.1 Å². The number of nitrogens with zero attached hydrogens (tertiary/aromatic N) is 2. The molecule has 0 bridgehead atoms. The van der Waals surface area contributed by atoms with Crippen LogP contribution in [0.5, 0.6) is 17.2 Å². The van der Waals surface area contributed by atoms with Gasteiger partial charge >= 0.3 is 5.69 Å². The number of carbonyl (C=O) groups is 1. The van der Waals surface area contributed by atoms with E-state index in [0.717, 1.165) is 18.2 Å². The van der Waals surface area contributed by atoms with Gasteiger partial charge in [0.2, 0.25) is 0 Å². The summed E-state index contributed by atoms with van der Waals surface area (Å²) in [6, 6.07) is 15.1. The summed E-state index contributed by atoms with van der Waals surface area (Å²) in [5, 5.41) is 14.4. The quantitative estimate of drug-likeness (QED) is 0.204. The van der Waals surface area contributed by atoms with Crippen LogP contribution in [0.1, 0.15) is 11.1 Å². The molecule has 184 valence electrons. The molecule has 1 N–H and O–H groups in total. The second kappa shape index (κ2) is 10.4. The number of nitro benzene ring substituents is 1. The zero-order chi connectivity index (χ0) is 25.8. The molecule has 1 saturated heterocycles. The molecule has 0 atom stereocenters. The molecule has 1 heterocycles. The number of nitrogens with one attached hydrogen (secondary N) is 1. The topological polar surface area (TPSA) is 103 Å². The molecule has 4 rings (SSSR count). The van der Waals surface area contributed by atoms with E-state index in [1.54, 1.807) is 48.5 Å². The van der Waals surface area contributed by atoms with E-state index in [9.17, 15) is 19.3 Å². The first kappa shape index (κ1) is 24.6. The van der Waals surface area contributed by atoms with Crippen LogP contribution in [0.2, 0.25) is 0 Å². The number of carbonyl (C=O) groups excluding carboxylic acids is 1. The Morgan fingerprint density at radius 3 is 2.53 bits per heavy atom. The molecule has 11 heteroatoms. The first-order valence-electron chi connectivity index (χ1n) is 10.6. The molecule has 3 aromatic carbocycles. The molecule has 0 unspecified atom stereocenters. The molecule has 3 aromatic rings. The van der Waals surface area contributed by atoms with E-state index in [0.29, 0.717) is 28.3 Å². The number of hydrogen-bond donors (Lipinski definition) is 1. The number of nitro groups is 1. The number of halogens is 1. The van der Waals surface area contributed by atoms with Gasteiger partial charge < -0.3 is 19.5 Å². The maximum Gasteiger partial charge on any atom is 0.311 e. The average Bonchev–Trinajstić information content (AvgIpc) is 3.14. The molecule has 0 saturated carbocycles. The van der Waals surface area contributed by atoms with Crippen LogP contribution in [-0.2, 0) is 11.4 Å². The van der Waals surface area contributed by atoms with Crippen molar-refractivity contribution >= 4 is 40.7 Å². The lowest BCUT2D eigenvalue weighted by Gasteiger charge is -2.17. The van der Waals surface area contributed by atoms with Crippen LogP contribution in [0.3, 0.4) is 0 Å². The van der Waals surface area contributed by atoms with Crippen molar-refractivity contribution < 1.29 is 28.3 Å². The lowest BCUT2D eigenvalue weighted by molar-refractivity contribution is -0.386. The lowest BCUT2D eigenvalue weighted by atomic mass is 10.1. The zero-order valence-corrected chi connectivity index (χ0v) is 20.0. The number of thiocarbonyl (C=S) groups is 1. The van der Waals surface area contributed by atoms with Crippen LogP contribution < -0.4 is 24.4 Å². The minimum absolute atomic E-state index is 0.141. The van der Waals surface area contributed by atoms with E-state index in [2.05, 4.69) is 5.32 Å². The van der Waals surface area contributed by atoms with Gasteiger partial charge in [-0.15, -0.1) is 0 Å². The third-order valence-electron chi connectivity index (χ3n) is 5.32. The molecular formula is C25H20FN3O6S. The van der Waals surface area contributed by atoms with Crippen molar-refractivity contribution in [1.82, 2.24) is 5.32 Å². The molecule has 1 fully saturated rings. The van der Waals surface area contributed by atoms with Crippen molar-refractivity contribution in [3.05, 3.63) is 93.4 Å². The fourth-order valence-electron chi connectivity index (χ4n) is 3.65. The van der Waals surface area contributed by atoms with Gasteiger partial charge in [0.1, 0.15) is 29.6 Å². The first-order valence-corrected chi connectivity index (χ1v) is 11.0. The maximum absolute atomic E-state index is 13.6. The minimum atomic E-state index is -0.664. The van der Waals surface area contributed by atoms with Crippen LogP contribution in [0.25, 0.3) is 6.08 Å². The summed E-state index contributed by atoms with van der Waals surface area (Å²) < 4.78 is 29.9. The fraction of sp³-hybridized carbons (Fsp3) is 0.120. The number of para-hydroxylation sites is 2. The largest absolute Gasteiger partial charge is 0.496 e. The molecule has 1 aliphatic rings. The van der Waals surface area contributed by atoms with Crippen molar-refractivity contribution in [3.63, 3.8) is 0 Å². The van der Waals surface area contributed by atoms with Crippen LogP contribution in [-0.4, -0.2) is 30.2 Å². The van der Waals surface area contributed by atoms with Crippen molar-refractivity contribution in [2.75, 3.05) is 19.1 Å². The third kappa shape index (κ3) is 4.96. The zero-order valence-electron chi connectivity index (χ0n) is 19.2. The Hall–Kier alpha value is -4.51. The Balaban J connectivity index is 1.61. The highest BCUT2D eigenvalue weighted by molar-refractivity contribution is 7.80. The number of rotatable bonds is 8. The van der Waals surface area contributed by atoms with Crippen molar-refractivity contribution in [3.8, 4) is 17.2 Å². The number of anilines is 1. The standard InChI is InChI=1S/C25H20FN3O6S/c1-33-21-10-7-15(11-16(21)14-35-23-13-17(26)8-9-20(23)29(31)32)12-18-24(30)28(25(36)27-18)19-5-3-4-6-22(19)34-2/h3-13H,14H2,1-2H3,(H,27,36)/b18-12+. The van der Waals surface area contributed by atoms with Gasteiger partial charge in [-0.25, -0.2) is 9.29 Å². The highest BCUT2D eigenvalue weighted by Crippen LogP contribution is 2.32. The monoisotopic (exact) mass is 509 g/mol. The Labute approximate surface area is 210 Å². The van der Waals surface area contributed by atoms with Gasteiger partial charge in [-0.2, -0.15) is 0 Å². The molecule has 0 spiro atoms. The van der Waals surface area contributed by atoms with Crippen molar-refractivity contribution in [2.45, 2.75) is 6.61 Å². The second-order valence-corrected chi connectivity index (χ2v) is 7.92. The third-order valence-corrected chi connectivity index (χ3v) is 5.61. The first-order chi connectivity index (χ1) is 17.3. The highest BCUT2D eigenvalue weighted by atomic mass is 32.1. The number of ether oxygens (including phenoxy) is 3. The highest BCUT2D eigenvalue weighted by Gasteiger charge is 2.33. The smallest absolute Gasteiger partial charge is 0.311 e. The van der Waals surface area contributed by atoms with Crippen LogP contribution in [0, 0.1) is 15.9 Å². The number of methoxy groups -OCH3 is 2. The van der Waals surface area contributed by atoms with Crippen molar-refractivity contribution in [1.29, 1.82) is 0 Å². The molecule has 0 radical (unpaired) electrons. The molecule has 36 heavy (non-hydrogen) atoms. The molecular weight excluding hydrogens is 489 g/mol. The van der Waals surface area contributed by atoms with Gasteiger partial charge in [0, 0.05) is 17.7 Å². The number of hydrogen-bond acceptors (Lipinski definition) is 7. The van der Waals surface area contributed by atoms with Crippen LogP contribution in [0.15, 0.2) is 66.4 Å².